The highest BCUT2D eigenvalue weighted by Gasteiger charge is 2.49. The molecule has 0 radical (unpaired) electrons. The lowest BCUT2D eigenvalue weighted by molar-refractivity contribution is 0.00578. The van der Waals surface area contributed by atoms with Crippen molar-refractivity contribution in [2.75, 3.05) is 0 Å². The van der Waals surface area contributed by atoms with E-state index in [0.29, 0.717) is 0 Å². The maximum absolute atomic E-state index is 5.70. The average Bonchev–Trinajstić information content (AvgIpc) is 1.73. The highest BCUT2D eigenvalue weighted by Crippen LogP contribution is 2.60. The van der Waals surface area contributed by atoms with E-state index in [1.165, 1.54) is 0 Å². The van der Waals surface area contributed by atoms with E-state index in [0.717, 1.165) is 0 Å². The van der Waals surface area contributed by atoms with Gasteiger partial charge in [0.2, 0.25) is 0 Å². The summed E-state index contributed by atoms with van der Waals surface area (Å²) in [6, 6.07) is 0. The lowest BCUT2D eigenvalue weighted by atomic mass is 9.90. The van der Waals surface area contributed by atoms with Gasteiger partial charge in [-0.3, -0.25) is 0 Å². The number of hydrogen-bond donors (Lipinski definition) is 0. The van der Waals surface area contributed by atoms with Crippen molar-refractivity contribution in [1.29, 1.82) is 0 Å². The van der Waals surface area contributed by atoms with E-state index in [9.17, 15) is 0 Å². The summed E-state index contributed by atoms with van der Waals surface area (Å²) in [5, 5.41) is 0. The molecule has 1 saturated heterocycles. The Hall–Kier alpha value is 0.640. The molecule has 0 spiro atoms. The zero-order valence-electron chi connectivity index (χ0n) is 6.64. The highest BCUT2D eigenvalue weighted by atomic mass is 35.7. The van der Waals surface area contributed by atoms with Crippen LogP contribution in [0.1, 0.15) is 27.7 Å². The Morgan fingerprint density at radius 2 is 1.30 bits per heavy atom. The predicted octanol–water partition coefficient (Wildman–Crippen LogP) is 3.06. The number of halogens is 1. The van der Waals surface area contributed by atoms with Crippen molar-refractivity contribution in [3.05, 3.63) is 0 Å². The zero-order chi connectivity index (χ0) is 7.99. The average molecular weight is 183 g/mol. The third-order valence-corrected chi connectivity index (χ3v) is 3.66. The summed E-state index contributed by atoms with van der Waals surface area (Å²) in [5.74, 6) is 0. The van der Waals surface area contributed by atoms with Gasteiger partial charge in [0.05, 0.1) is 11.2 Å². The molecule has 0 aliphatic carbocycles. The standard InChI is InChI=1S/C6H12ClO2P/c1-5(2)6(3,4)9-10(7)8-5/h1-4H3. The minimum atomic E-state index is -1.17. The van der Waals surface area contributed by atoms with E-state index in [2.05, 4.69) is 0 Å². The van der Waals surface area contributed by atoms with Gasteiger partial charge in [-0.15, -0.1) is 0 Å². The van der Waals surface area contributed by atoms with Crippen LogP contribution in [-0.2, 0) is 9.05 Å². The van der Waals surface area contributed by atoms with Crippen LogP contribution in [0.25, 0.3) is 0 Å². The molecule has 1 aliphatic rings. The molecule has 0 atom stereocenters. The third-order valence-electron chi connectivity index (χ3n) is 2.05. The zero-order valence-corrected chi connectivity index (χ0v) is 8.29. The lowest BCUT2D eigenvalue weighted by Crippen LogP contribution is -2.41. The fourth-order valence-corrected chi connectivity index (χ4v) is 2.83. The van der Waals surface area contributed by atoms with Gasteiger partial charge in [-0.05, 0) is 38.9 Å². The first kappa shape index (κ1) is 8.73. The topological polar surface area (TPSA) is 18.5 Å². The van der Waals surface area contributed by atoms with Crippen LogP contribution in [0, 0.1) is 0 Å². The summed E-state index contributed by atoms with van der Waals surface area (Å²) < 4.78 is 10.7. The van der Waals surface area contributed by atoms with E-state index in [4.69, 9.17) is 20.3 Å². The smallest absolute Gasteiger partial charge is 0.278 e. The van der Waals surface area contributed by atoms with Crippen LogP contribution < -0.4 is 0 Å². The first-order valence-electron chi connectivity index (χ1n) is 3.19. The summed E-state index contributed by atoms with van der Waals surface area (Å²) in [4.78, 5) is 0. The van der Waals surface area contributed by atoms with Gasteiger partial charge in [0.1, 0.15) is 0 Å². The fraction of sp³-hybridized carbons (Fsp3) is 1.00. The molecule has 60 valence electrons. The molecule has 0 unspecified atom stereocenters. The quantitative estimate of drug-likeness (QED) is 0.536. The van der Waals surface area contributed by atoms with E-state index in [-0.39, 0.29) is 11.2 Å². The van der Waals surface area contributed by atoms with Crippen LogP contribution in [0.3, 0.4) is 0 Å². The molecule has 0 saturated carbocycles. The Kier molecular flexibility index (Phi) is 2.02. The maximum Gasteiger partial charge on any atom is 0.278 e. The normalized spacial score (nSPS) is 30.9. The van der Waals surface area contributed by atoms with Crippen molar-refractivity contribution >= 4 is 19.0 Å². The third kappa shape index (κ3) is 1.31. The van der Waals surface area contributed by atoms with Crippen LogP contribution >= 0.6 is 19.0 Å². The molecule has 0 bridgehead atoms. The number of rotatable bonds is 0. The molecule has 10 heavy (non-hydrogen) atoms. The van der Waals surface area contributed by atoms with Gasteiger partial charge >= 0.3 is 0 Å². The molecule has 1 fully saturated rings. The summed E-state index contributed by atoms with van der Waals surface area (Å²) >= 11 is 5.70. The van der Waals surface area contributed by atoms with Crippen molar-refractivity contribution < 1.29 is 9.05 Å². The van der Waals surface area contributed by atoms with Gasteiger partial charge in [-0.2, -0.15) is 0 Å². The SMILES string of the molecule is CC1(C)OP(Cl)OC1(C)C. The summed E-state index contributed by atoms with van der Waals surface area (Å²) in [5.41, 5.74) is -0.527. The van der Waals surface area contributed by atoms with Crippen molar-refractivity contribution in [3.8, 4) is 0 Å². The van der Waals surface area contributed by atoms with Crippen LogP contribution in [0.4, 0.5) is 0 Å². The van der Waals surface area contributed by atoms with Crippen molar-refractivity contribution in [2.24, 2.45) is 0 Å². The van der Waals surface area contributed by atoms with Crippen LogP contribution in [-0.4, -0.2) is 11.2 Å². The summed E-state index contributed by atoms with van der Waals surface area (Å²) in [6.45, 7) is 7.94. The van der Waals surface area contributed by atoms with E-state index in [1.807, 2.05) is 27.7 Å². The molecule has 4 heteroatoms. The second kappa shape index (κ2) is 2.31. The Morgan fingerprint density at radius 3 is 1.40 bits per heavy atom. The number of hydrogen-bond acceptors (Lipinski definition) is 2. The predicted molar refractivity (Wildman–Crippen MR) is 43.1 cm³/mol. The monoisotopic (exact) mass is 182 g/mol. The maximum atomic E-state index is 5.70. The van der Waals surface area contributed by atoms with Crippen molar-refractivity contribution in [2.45, 2.75) is 38.9 Å². The lowest BCUT2D eigenvalue weighted by Gasteiger charge is -2.29. The fourth-order valence-electron chi connectivity index (χ4n) is 0.597. The van der Waals surface area contributed by atoms with Gasteiger partial charge < -0.3 is 9.05 Å². The highest BCUT2D eigenvalue weighted by molar-refractivity contribution is 7.76. The van der Waals surface area contributed by atoms with Gasteiger partial charge in [-0.25, -0.2) is 0 Å². The molecule has 0 aromatic carbocycles. The van der Waals surface area contributed by atoms with Gasteiger partial charge in [-0.1, -0.05) is 0 Å². The molecule has 0 N–H and O–H groups in total. The Bertz CT molecular complexity index is 131. The molecule has 0 aromatic heterocycles. The van der Waals surface area contributed by atoms with Crippen LogP contribution in [0.5, 0.6) is 0 Å². The first-order chi connectivity index (χ1) is 4.35. The Balaban J connectivity index is 2.78. The van der Waals surface area contributed by atoms with E-state index < -0.39 is 7.73 Å². The molecule has 1 heterocycles. The first-order valence-corrected chi connectivity index (χ1v) is 5.27. The minimum absolute atomic E-state index is 0.263. The second-order valence-corrected chi connectivity index (χ2v) is 5.03. The van der Waals surface area contributed by atoms with Crippen molar-refractivity contribution in [3.63, 3.8) is 0 Å². The molecule has 1 aliphatic heterocycles. The minimum Gasteiger partial charge on any atom is -0.313 e. The molecule has 0 amide bonds. The van der Waals surface area contributed by atoms with Crippen molar-refractivity contribution in [1.82, 2.24) is 0 Å². The molecular formula is C6H12ClO2P. The Morgan fingerprint density at radius 1 is 1.00 bits per heavy atom. The van der Waals surface area contributed by atoms with Crippen LogP contribution in [0.2, 0.25) is 0 Å². The summed E-state index contributed by atoms with van der Waals surface area (Å²) in [7, 11) is -1.17. The molecule has 1 rings (SSSR count). The second-order valence-electron chi connectivity index (χ2n) is 3.42. The largest absolute Gasteiger partial charge is 0.313 e. The summed E-state index contributed by atoms with van der Waals surface area (Å²) in [6.07, 6.45) is 0. The molecule has 2 nitrogen and oxygen atoms in total. The van der Waals surface area contributed by atoms with E-state index in [1.54, 1.807) is 0 Å². The Labute approximate surface area is 67.6 Å². The van der Waals surface area contributed by atoms with Gasteiger partial charge in [0.25, 0.3) is 7.73 Å². The van der Waals surface area contributed by atoms with Gasteiger partial charge in [0.15, 0.2) is 0 Å². The van der Waals surface area contributed by atoms with Crippen LogP contribution in [0.15, 0.2) is 0 Å². The van der Waals surface area contributed by atoms with Gasteiger partial charge in [0, 0.05) is 0 Å². The molecule has 0 aromatic rings. The van der Waals surface area contributed by atoms with E-state index >= 15 is 0 Å². The molecular weight excluding hydrogens is 170 g/mol.